The Morgan fingerprint density at radius 2 is 1.67 bits per heavy atom. The third-order valence-corrected chi connectivity index (χ3v) is 2.62. The highest BCUT2D eigenvalue weighted by molar-refractivity contribution is 5.91. The first-order chi connectivity index (χ1) is 8.21. The molecule has 1 atom stereocenters. The van der Waals surface area contributed by atoms with Gasteiger partial charge >= 0.3 is 11.9 Å². The summed E-state index contributed by atoms with van der Waals surface area (Å²) in [5.74, 6) is -1.78. The molecule has 1 aromatic carbocycles. The number of carboxylic acids is 1. The van der Waals surface area contributed by atoms with Crippen LogP contribution in [0, 0.1) is 0 Å². The van der Waals surface area contributed by atoms with Gasteiger partial charge in [-0.2, -0.15) is 0 Å². The summed E-state index contributed by atoms with van der Waals surface area (Å²) in [6, 6.07) is 7.00. The van der Waals surface area contributed by atoms with Gasteiger partial charge in [0.25, 0.3) is 0 Å². The second-order valence-corrected chi connectivity index (χ2v) is 5.21. The monoisotopic (exact) mass is 250 g/mol. The van der Waals surface area contributed by atoms with Gasteiger partial charge in [0, 0.05) is 0 Å². The Morgan fingerprint density at radius 1 is 1.17 bits per heavy atom. The molecule has 18 heavy (non-hydrogen) atoms. The molecular weight excluding hydrogens is 232 g/mol. The van der Waals surface area contributed by atoms with Crippen molar-refractivity contribution in [3.63, 3.8) is 0 Å². The summed E-state index contributed by atoms with van der Waals surface area (Å²) in [6.07, 6.45) is -1.14. The van der Waals surface area contributed by atoms with Gasteiger partial charge in [0.05, 0.1) is 5.56 Å². The molecule has 0 radical (unpaired) electrons. The third-order valence-electron chi connectivity index (χ3n) is 2.62. The van der Waals surface area contributed by atoms with E-state index in [1.54, 1.807) is 12.1 Å². The van der Waals surface area contributed by atoms with E-state index in [0.29, 0.717) is 5.56 Å². The van der Waals surface area contributed by atoms with Crippen LogP contribution >= 0.6 is 0 Å². The molecule has 4 heteroatoms. The van der Waals surface area contributed by atoms with E-state index in [2.05, 4.69) is 20.8 Å². The van der Waals surface area contributed by atoms with Crippen LogP contribution in [0.3, 0.4) is 0 Å². The van der Waals surface area contributed by atoms with Crippen LogP contribution in [0.5, 0.6) is 0 Å². The predicted octanol–water partition coefficient (Wildman–Crippen LogP) is 2.61. The molecule has 0 amide bonds. The summed E-state index contributed by atoms with van der Waals surface area (Å²) in [5, 5.41) is 8.65. The molecule has 0 bridgehead atoms. The van der Waals surface area contributed by atoms with Gasteiger partial charge < -0.3 is 9.84 Å². The highest BCUT2D eigenvalue weighted by Gasteiger charge is 2.19. The maximum Gasteiger partial charge on any atom is 0.344 e. The third kappa shape index (κ3) is 3.58. The topological polar surface area (TPSA) is 63.6 Å². The lowest BCUT2D eigenvalue weighted by atomic mass is 9.87. The van der Waals surface area contributed by atoms with Crippen molar-refractivity contribution in [1.29, 1.82) is 0 Å². The van der Waals surface area contributed by atoms with Gasteiger partial charge in [-0.15, -0.1) is 0 Å². The van der Waals surface area contributed by atoms with Crippen molar-refractivity contribution < 1.29 is 19.4 Å². The Morgan fingerprint density at radius 3 is 2.06 bits per heavy atom. The Labute approximate surface area is 107 Å². The number of rotatable bonds is 3. The molecule has 0 fully saturated rings. The Kier molecular flexibility index (Phi) is 4.11. The van der Waals surface area contributed by atoms with E-state index < -0.39 is 18.0 Å². The maximum atomic E-state index is 11.6. The van der Waals surface area contributed by atoms with Crippen LogP contribution in [0.15, 0.2) is 24.3 Å². The fourth-order valence-electron chi connectivity index (χ4n) is 1.39. The Hall–Kier alpha value is -1.84. The summed E-state index contributed by atoms with van der Waals surface area (Å²) in [4.78, 5) is 22.2. The Balaban J connectivity index is 2.80. The molecule has 0 spiro atoms. The van der Waals surface area contributed by atoms with Crippen molar-refractivity contribution in [3.05, 3.63) is 35.4 Å². The zero-order valence-corrected chi connectivity index (χ0v) is 11.1. The van der Waals surface area contributed by atoms with Gasteiger partial charge in [0.15, 0.2) is 6.10 Å². The number of aliphatic carboxylic acids is 1. The Bertz CT molecular complexity index is 440. The van der Waals surface area contributed by atoms with Crippen LogP contribution in [-0.2, 0) is 14.9 Å². The standard InChI is InChI=1S/C14H18O4/c1-9(12(15)16)18-13(17)10-5-7-11(8-6-10)14(2,3)4/h5-9H,1-4H3,(H,15,16). The van der Waals surface area contributed by atoms with Gasteiger partial charge in [-0.1, -0.05) is 32.9 Å². The number of carbonyl (C=O) groups is 2. The largest absolute Gasteiger partial charge is 0.479 e. The lowest BCUT2D eigenvalue weighted by molar-refractivity contribution is -0.146. The molecule has 1 aromatic rings. The molecule has 0 saturated carbocycles. The maximum absolute atomic E-state index is 11.6. The minimum Gasteiger partial charge on any atom is -0.479 e. The second-order valence-electron chi connectivity index (χ2n) is 5.21. The SMILES string of the molecule is CC(OC(=O)c1ccc(C(C)(C)C)cc1)C(=O)O. The van der Waals surface area contributed by atoms with Crippen LogP contribution in [-0.4, -0.2) is 23.1 Å². The molecule has 1 rings (SSSR count). The first-order valence-corrected chi connectivity index (χ1v) is 5.76. The summed E-state index contributed by atoms with van der Waals surface area (Å²) in [6.45, 7) is 7.55. The quantitative estimate of drug-likeness (QED) is 0.837. The smallest absolute Gasteiger partial charge is 0.344 e. The molecule has 1 unspecified atom stereocenters. The van der Waals surface area contributed by atoms with E-state index in [4.69, 9.17) is 9.84 Å². The van der Waals surface area contributed by atoms with Gasteiger partial charge in [0.1, 0.15) is 0 Å². The van der Waals surface area contributed by atoms with Gasteiger partial charge in [0.2, 0.25) is 0 Å². The fraction of sp³-hybridized carbons (Fsp3) is 0.429. The van der Waals surface area contributed by atoms with Crippen molar-refractivity contribution >= 4 is 11.9 Å². The van der Waals surface area contributed by atoms with Crippen LogP contribution in [0.4, 0.5) is 0 Å². The van der Waals surface area contributed by atoms with E-state index in [0.717, 1.165) is 5.56 Å². The van der Waals surface area contributed by atoms with Crippen molar-refractivity contribution in [1.82, 2.24) is 0 Å². The first kappa shape index (κ1) is 14.2. The number of esters is 1. The number of carbonyl (C=O) groups excluding carboxylic acids is 1. The van der Waals surface area contributed by atoms with Crippen molar-refractivity contribution in [2.24, 2.45) is 0 Å². The number of hydrogen-bond donors (Lipinski definition) is 1. The zero-order chi connectivity index (χ0) is 13.9. The molecule has 0 aliphatic heterocycles. The van der Waals surface area contributed by atoms with Crippen LogP contribution < -0.4 is 0 Å². The number of carboxylic acid groups (broad SMARTS) is 1. The number of benzene rings is 1. The first-order valence-electron chi connectivity index (χ1n) is 5.76. The van der Waals surface area contributed by atoms with Gasteiger partial charge in [-0.3, -0.25) is 0 Å². The molecular formula is C14H18O4. The van der Waals surface area contributed by atoms with Crippen molar-refractivity contribution in [3.8, 4) is 0 Å². The molecule has 0 aliphatic carbocycles. The highest BCUT2D eigenvalue weighted by Crippen LogP contribution is 2.22. The highest BCUT2D eigenvalue weighted by atomic mass is 16.6. The van der Waals surface area contributed by atoms with Gasteiger partial charge in [-0.25, -0.2) is 9.59 Å². The molecule has 0 saturated heterocycles. The lowest BCUT2D eigenvalue weighted by Crippen LogP contribution is -2.23. The van der Waals surface area contributed by atoms with Crippen molar-refractivity contribution in [2.45, 2.75) is 39.2 Å². The summed E-state index contributed by atoms with van der Waals surface area (Å²) < 4.78 is 4.78. The van der Waals surface area contributed by atoms with E-state index in [9.17, 15) is 9.59 Å². The van der Waals surface area contributed by atoms with Crippen LogP contribution in [0.25, 0.3) is 0 Å². The van der Waals surface area contributed by atoms with E-state index in [-0.39, 0.29) is 5.41 Å². The molecule has 0 heterocycles. The second kappa shape index (κ2) is 5.21. The van der Waals surface area contributed by atoms with Crippen LogP contribution in [0.1, 0.15) is 43.6 Å². The van der Waals surface area contributed by atoms with Gasteiger partial charge in [-0.05, 0) is 30.0 Å². The summed E-state index contributed by atoms with van der Waals surface area (Å²) in [5.41, 5.74) is 1.47. The predicted molar refractivity (Wildman–Crippen MR) is 67.7 cm³/mol. The zero-order valence-electron chi connectivity index (χ0n) is 11.1. The summed E-state index contributed by atoms with van der Waals surface area (Å²) >= 11 is 0. The lowest BCUT2D eigenvalue weighted by Gasteiger charge is -2.19. The van der Waals surface area contributed by atoms with E-state index in [1.807, 2.05) is 12.1 Å². The average molecular weight is 250 g/mol. The molecule has 98 valence electrons. The molecule has 0 aliphatic rings. The minimum absolute atomic E-state index is 0.0107. The van der Waals surface area contributed by atoms with E-state index in [1.165, 1.54) is 6.92 Å². The number of ether oxygens (including phenoxy) is 1. The van der Waals surface area contributed by atoms with E-state index >= 15 is 0 Å². The average Bonchev–Trinajstić information content (AvgIpc) is 2.27. The fourth-order valence-corrected chi connectivity index (χ4v) is 1.39. The minimum atomic E-state index is -1.16. The van der Waals surface area contributed by atoms with Crippen molar-refractivity contribution in [2.75, 3.05) is 0 Å². The molecule has 4 nitrogen and oxygen atoms in total. The normalized spacial score (nSPS) is 12.9. The van der Waals surface area contributed by atoms with Crippen LogP contribution in [0.2, 0.25) is 0 Å². The number of hydrogen-bond acceptors (Lipinski definition) is 3. The summed E-state index contributed by atoms with van der Waals surface area (Å²) in [7, 11) is 0. The molecule has 1 N–H and O–H groups in total. The molecule has 0 aromatic heterocycles.